The van der Waals surface area contributed by atoms with Gasteiger partial charge in [-0.05, 0) is 25.1 Å². The molecule has 1 aromatic rings. The number of ether oxygens (including phenoxy) is 1. The van der Waals surface area contributed by atoms with Crippen molar-refractivity contribution in [3.63, 3.8) is 0 Å². The van der Waals surface area contributed by atoms with Crippen molar-refractivity contribution in [2.45, 2.75) is 13.0 Å². The second-order valence-corrected chi connectivity index (χ2v) is 3.88. The van der Waals surface area contributed by atoms with Crippen LogP contribution in [0.4, 0.5) is 0 Å². The van der Waals surface area contributed by atoms with Gasteiger partial charge in [0.15, 0.2) is 12.4 Å². The lowest BCUT2D eigenvalue weighted by molar-refractivity contribution is -0.123. The number of aldehydes is 1. The Bertz CT molecular complexity index is 392. The van der Waals surface area contributed by atoms with Gasteiger partial charge in [0, 0.05) is 4.47 Å². The summed E-state index contributed by atoms with van der Waals surface area (Å²) in [5.41, 5.74) is 5.42. The summed E-state index contributed by atoms with van der Waals surface area (Å²) in [7, 11) is 0. The SMILES string of the molecule is C[C@@H](Oc1ccc(Br)cc1C=O)C(N)=O. The van der Waals surface area contributed by atoms with Crippen LogP contribution in [-0.4, -0.2) is 18.3 Å². The highest BCUT2D eigenvalue weighted by atomic mass is 79.9. The molecule has 0 aliphatic rings. The molecule has 1 rings (SSSR count). The largest absolute Gasteiger partial charge is 0.480 e. The Morgan fingerprint density at radius 1 is 1.60 bits per heavy atom. The molecule has 0 unspecified atom stereocenters. The maximum Gasteiger partial charge on any atom is 0.258 e. The van der Waals surface area contributed by atoms with Gasteiger partial charge < -0.3 is 10.5 Å². The van der Waals surface area contributed by atoms with Crippen LogP contribution in [0.3, 0.4) is 0 Å². The fourth-order valence-electron chi connectivity index (χ4n) is 0.967. The zero-order valence-corrected chi connectivity index (χ0v) is 9.65. The summed E-state index contributed by atoms with van der Waals surface area (Å²) < 4.78 is 5.99. The number of halogens is 1. The van der Waals surface area contributed by atoms with E-state index in [1.165, 1.54) is 6.92 Å². The quantitative estimate of drug-likeness (QED) is 0.845. The summed E-state index contributed by atoms with van der Waals surface area (Å²) >= 11 is 3.23. The minimum atomic E-state index is -0.759. The van der Waals surface area contributed by atoms with Crippen molar-refractivity contribution in [2.24, 2.45) is 5.73 Å². The lowest BCUT2D eigenvalue weighted by Crippen LogP contribution is -2.30. The Labute approximate surface area is 95.5 Å². The smallest absolute Gasteiger partial charge is 0.258 e. The minimum Gasteiger partial charge on any atom is -0.480 e. The van der Waals surface area contributed by atoms with Gasteiger partial charge in [-0.15, -0.1) is 0 Å². The third-order valence-electron chi connectivity index (χ3n) is 1.80. The fourth-order valence-corrected chi connectivity index (χ4v) is 1.35. The molecule has 5 heteroatoms. The van der Waals surface area contributed by atoms with Crippen molar-refractivity contribution in [3.8, 4) is 5.75 Å². The summed E-state index contributed by atoms with van der Waals surface area (Å²) in [6, 6.07) is 4.93. The first kappa shape index (κ1) is 11.7. The number of hydrogen-bond acceptors (Lipinski definition) is 3. The Morgan fingerprint density at radius 2 is 2.27 bits per heavy atom. The standard InChI is InChI=1S/C10H10BrNO3/c1-6(10(12)14)15-9-3-2-8(11)4-7(9)5-13/h2-6H,1H3,(H2,12,14)/t6-/m1/s1. The van der Waals surface area contributed by atoms with Crippen molar-refractivity contribution < 1.29 is 14.3 Å². The van der Waals surface area contributed by atoms with Crippen LogP contribution in [0.15, 0.2) is 22.7 Å². The molecule has 4 nitrogen and oxygen atoms in total. The average Bonchev–Trinajstić information content (AvgIpc) is 2.20. The normalized spacial score (nSPS) is 11.9. The van der Waals surface area contributed by atoms with Crippen LogP contribution in [0, 0.1) is 0 Å². The van der Waals surface area contributed by atoms with Crippen molar-refractivity contribution in [3.05, 3.63) is 28.2 Å². The Morgan fingerprint density at radius 3 is 2.80 bits per heavy atom. The number of rotatable bonds is 4. The van der Waals surface area contributed by atoms with E-state index in [1.54, 1.807) is 18.2 Å². The summed E-state index contributed by atoms with van der Waals surface area (Å²) in [5.74, 6) is -0.228. The molecule has 80 valence electrons. The molecule has 2 N–H and O–H groups in total. The molecular weight excluding hydrogens is 262 g/mol. The van der Waals surface area contributed by atoms with Crippen LogP contribution in [0.5, 0.6) is 5.75 Å². The molecule has 1 amide bonds. The van der Waals surface area contributed by atoms with E-state index < -0.39 is 12.0 Å². The molecule has 1 aromatic carbocycles. The molecular formula is C10H10BrNO3. The third-order valence-corrected chi connectivity index (χ3v) is 2.30. The predicted octanol–water partition coefficient (Wildman–Crippen LogP) is 1.51. The number of primary amides is 1. The highest BCUT2D eigenvalue weighted by molar-refractivity contribution is 9.10. The number of benzene rings is 1. The number of amides is 1. The summed E-state index contributed by atoms with van der Waals surface area (Å²) in [6.07, 6.45) is -0.0989. The number of carbonyl (C=O) groups is 2. The lowest BCUT2D eigenvalue weighted by atomic mass is 10.2. The van der Waals surface area contributed by atoms with Gasteiger partial charge >= 0.3 is 0 Å². The number of nitrogens with two attached hydrogens (primary N) is 1. The van der Waals surface area contributed by atoms with E-state index >= 15 is 0 Å². The van der Waals surface area contributed by atoms with Crippen molar-refractivity contribution >= 4 is 28.1 Å². The summed E-state index contributed by atoms with van der Waals surface area (Å²) in [5, 5.41) is 0. The van der Waals surface area contributed by atoms with E-state index in [9.17, 15) is 9.59 Å². The monoisotopic (exact) mass is 271 g/mol. The van der Waals surface area contributed by atoms with Gasteiger partial charge in [-0.2, -0.15) is 0 Å². The average molecular weight is 272 g/mol. The Hall–Kier alpha value is -1.36. The molecule has 0 saturated carbocycles. The van der Waals surface area contributed by atoms with Crippen molar-refractivity contribution in [1.29, 1.82) is 0 Å². The van der Waals surface area contributed by atoms with Crippen molar-refractivity contribution in [2.75, 3.05) is 0 Å². The van der Waals surface area contributed by atoms with Crippen LogP contribution in [0.25, 0.3) is 0 Å². The molecule has 0 spiro atoms. The first-order chi connectivity index (χ1) is 7.04. The van der Waals surface area contributed by atoms with E-state index in [1.807, 2.05) is 0 Å². The van der Waals surface area contributed by atoms with Crippen molar-refractivity contribution in [1.82, 2.24) is 0 Å². The molecule has 0 fully saturated rings. The molecule has 0 heterocycles. The van der Waals surface area contributed by atoms with Gasteiger partial charge in [0.1, 0.15) is 5.75 Å². The molecule has 0 aromatic heterocycles. The van der Waals surface area contributed by atoms with E-state index in [2.05, 4.69) is 15.9 Å². The van der Waals surface area contributed by atoms with Crippen LogP contribution < -0.4 is 10.5 Å². The maximum absolute atomic E-state index is 10.8. The molecule has 0 aliphatic heterocycles. The van der Waals surface area contributed by atoms with E-state index in [0.717, 1.165) is 4.47 Å². The van der Waals surface area contributed by atoms with Crippen LogP contribution >= 0.6 is 15.9 Å². The highest BCUT2D eigenvalue weighted by Gasteiger charge is 2.12. The van der Waals surface area contributed by atoms with Gasteiger partial charge in [-0.25, -0.2) is 0 Å². The molecule has 15 heavy (non-hydrogen) atoms. The first-order valence-electron chi connectivity index (χ1n) is 4.25. The van der Waals surface area contributed by atoms with E-state index in [0.29, 0.717) is 17.6 Å². The molecule has 0 bridgehead atoms. The van der Waals surface area contributed by atoms with Gasteiger partial charge in [-0.1, -0.05) is 15.9 Å². The second kappa shape index (κ2) is 4.93. The first-order valence-corrected chi connectivity index (χ1v) is 5.04. The summed E-state index contributed by atoms with van der Waals surface area (Å²) in [4.78, 5) is 21.5. The van der Waals surface area contributed by atoms with Gasteiger partial charge in [0.25, 0.3) is 5.91 Å². The summed E-state index contributed by atoms with van der Waals surface area (Å²) in [6.45, 7) is 1.53. The zero-order chi connectivity index (χ0) is 11.4. The highest BCUT2D eigenvalue weighted by Crippen LogP contribution is 2.22. The van der Waals surface area contributed by atoms with Crippen LogP contribution in [0.1, 0.15) is 17.3 Å². The van der Waals surface area contributed by atoms with E-state index in [-0.39, 0.29) is 0 Å². The van der Waals surface area contributed by atoms with Crippen LogP contribution in [0.2, 0.25) is 0 Å². The second-order valence-electron chi connectivity index (χ2n) is 2.96. The maximum atomic E-state index is 10.8. The van der Waals surface area contributed by atoms with Gasteiger partial charge in [0.2, 0.25) is 0 Å². The minimum absolute atomic E-state index is 0.347. The van der Waals surface area contributed by atoms with Gasteiger partial charge in [-0.3, -0.25) is 9.59 Å². The number of hydrogen-bond donors (Lipinski definition) is 1. The molecule has 1 atom stereocenters. The lowest BCUT2D eigenvalue weighted by Gasteiger charge is -2.12. The third kappa shape index (κ3) is 3.06. The van der Waals surface area contributed by atoms with E-state index in [4.69, 9.17) is 10.5 Å². The Balaban J connectivity index is 2.94. The fraction of sp³-hybridized carbons (Fsp3) is 0.200. The molecule has 0 aliphatic carbocycles. The van der Waals surface area contributed by atoms with Crippen LogP contribution in [-0.2, 0) is 4.79 Å². The number of carbonyl (C=O) groups excluding carboxylic acids is 2. The topological polar surface area (TPSA) is 69.4 Å². The predicted molar refractivity (Wildman–Crippen MR) is 58.8 cm³/mol. The Kier molecular flexibility index (Phi) is 3.85. The van der Waals surface area contributed by atoms with Gasteiger partial charge in [0.05, 0.1) is 5.56 Å². The molecule has 0 saturated heterocycles. The zero-order valence-electron chi connectivity index (χ0n) is 8.07. The molecule has 0 radical (unpaired) electrons.